The van der Waals surface area contributed by atoms with Crippen LogP contribution >= 0.6 is 0 Å². The second-order valence-corrected chi connectivity index (χ2v) is 8.30. The Morgan fingerprint density at radius 3 is 2.78 bits per heavy atom. The zero-order chi connectivity index (χ0) is 16.8. The van der Waals surface area contributed by atoms with Crippen LogP contribution in [-0.2, 0) is 14.6 Å². The van der Waals surface area contributed by atoms with E-state index in [0.29, 0.717) is 24.2 Å². The number of nitrogens with zero attached hydrogens (tertiary/aromatic N) is 1. The molecule has 0 bridgehead atoms. The van der Waals surface area contributed by atoms with E-state index in [-0.39, 0.29) is 28.7 Å². The smallest absolute Gasteiger partial charge is 0.254 e. The van der Waals surface area contributed by atoms with E-state index >= 15 is 0 Å². The molecule has 2 aliphatic heterocycles. The fourth-order valence-corrected chi connectivity index (χ4v) is 4.50. The molecule has 7 heteroatoms. The monoisotopic (exact) mass is 336 g/mol. The Morgan fingerprint density at radius 1 is 1.35 bits per heavy atom. The van der Waals surface area contributed by atoms with Crippen LogP contribution in [0.1, 0.15) is 28.8 Å². The molecule has 2 aliphatic rings. The standard InChI is InChI=1S/C16H20N2O4S/c1-10-5-6-11(8-14(10)23(2,21)22)16(20)18-7-3-4-12-13(18)9-17-15(12)19/h5-6,8,12-13H,3-4,7,9H2,1-2H3,(H,17,19)/t12-,13+/m1/s1. The number of hydrogen-bond acceptors (Lipinski definition) is 4. The van der Waals surface area contributed by atoms with E-state index in [9.17, 15) is 18.0 Å². The minimum atomic E-state index is -3.38. The number of hydrogen-bond donors (Lipinski definition) is 1. The van der Waals surface area contributed by atoms with Gasteiger partial charge >= 0.3 is 0 Å². The van der Waals surface area contributed by atoms with Gasteiger partial charge in [-0.25, -0.2) is 8.42 Å². The van der Waals surface area contributed by atoms with Gasteiger partial charge in [-0.15, -0.1) is 0 Å². The van der Waals surface area contributed by atoms with E-state index in [0.717, 1.165) is 19.1 Å². The zero-order valence-corrected chi connectivity index (χ0v) is 14.0. The SMILES string of the molecule is Cc1ccc(C(=O)N2CCC[C@H]3C(=O)NC[C@@H]32)cc1S(C)(=O)=O. The average molecular weight is 336 g/mol. The first-order chi connectivity index (χ1) is 10.8. The summed E-state index contributed by atoms with van der Waals surface area (Å²) >= 11 is 0. The summed E-state index contributed by atoms with van der Waals surface area (Å²) in [6, 6.07) is 4.62. The van der Waals surface area contributed by atoms with Gasteiger partial charge in [0.2, 0.25) is 5.91 Å². The van der Waals surface area contributed by atoms with E-state index in [2.05, 4.69) is 5.32 Å². The number of rotatable bonds is 2. The summed E-state index contributed by atoms with van der Waals surface area (Å²) in [5, 5.41) is 2.81. The number of amides is 2. The predicted octanol–water partition coefficient (Wildman–Crippen LogP) is 0.749. The molecule has 0 aliphatic carbocycles. The lowest BCUT2D eigenvalue weighted by molar-refractivity contribution is -0.123. The summed E-state index contributed by atoms with van der Waals surface area (Å²) in [6.45, 7) is 2.78. The molecule has 1 aromatic carbocycles. The largest absolute Gasteiger partial charge is 0.354 e. The molecule has 0 radical (unpaired) electrons. The van der Waals surface area contributed by atoms with Gasteiger partial charge in [-0.05, 0) is 37.5 Å². The summed E-state index contributed by atoms with van der Waals surface area (Å²) in [5.41, 5.74) is 0.981. The van der Waals surface area contributed by atoms with Gasteiger partial charge in [0.15, 0.2) is 9.84 Å². The van der Waals surface area contributed by atoms with E-state index < -0.39 is 9.84 Å². The third-order valence-corrected chi connectivity index (χ3v) is 5.94. The Balaban J connectivity index is 1.93. The van der Waals surface area contributed by atoms with Gasteiger partial charge in [0.1, 0.15) is 0 Å². The van der Waals surface area contributed by atoms with Gasteiger partial charge in [0, 0.05) is 24.9 Å². The Labute approximate surface area is 135 Å². The molecule has 2 heterocycles. The molecule has 2 amide bonds. The molecule has 0 aromatic heterocycles. The highest BCUT2D eigenvalue weighted by atomic mass is 32.2. The van der Waals surface area contributed by atoms with Crippen LogP contribution in [-0.4, -0.2) is 50.5 Å². The molecule has 2 atom stereocenters. The highest BCUT2D eigenvalue weighted by Gasteiger charge is 2.42. The van der Waals surface area contributed by atoms with Crippen molar-refractivity contribution in [1.82, 2.24) is 10.2 Å². The molecule has 2 saturated heterocycles. The molecule has 0 spiro atoms. The van der Waals surface area contributed by atoms with Crippen LogP contribution < -0.4 is 5.32 Å². The quantitative estimate of drug-likeness (QED) is 0.864. The second-order valence-electron chi connectivity index (χ2n) is 6.31. The van der Waals surface area contributed by atoms with E-state index in [1.54, 1.807) is 24.0 Å². The molecule has 0 unspecified atom stereocenters. The van der Waals surface area contributed by atoms with Crippen molar-refractivity contribution in [2.24, 2.45) is 5.92 Å². The lowest BCUT2D eigenvalue weighted by Gasteiger charge is -2.36. The molecule has 2 fully saturated rings. The van der Waals surface area contributed by atoms with Crippen LogP contribution in [0.15, 0.2) is 23.1 Å². The Morgan fingerprint density at radius 2 is 2.09 bits per heavy atom. The highest BCUT2D eigenvalue weighted by molar-refractivity contribution is 7.90. The van der Waals surface area contributed by atoms with Crippen LogP contribution in [0.4, 0.5) is 0 Å². The fraction of sp³-hybridized carbons (Fsp3) is 0.500. The van der Waals surface area contributed by atoms with Crippen LogP contribution in [0, 0.1) is 12.8 Å². The molecule has 0 saturated carbocycles. The van der Waals surface area contributed by atoms with Crippen LogP contribution in [0.5, 0.6) is 0 Å². The second kappa shape index (κ2) is 5.63. The maximum absolute atomic E-state index is 12.8. The van der Waals surface area contributed by atoms with Crippen molar-refractivity contribution in [3.8, 4) is 0 Å². The average Bonchev–Trinajstić information content (AvgIpc) is 2.87. The molecule has 6 nitrogen and oxygen atoms in total. The fourth-order valence-electron chi connectivity index (χ4n) is 3.50. The number of carbonyl (C=O) groups is 2. The maximum Gasteiger partial charge on any atom is 0.254 e. The maximum atomic E-state index is 12.8. The minimum Gasteiger partial charge on any atom is -0.354 e. The number of sulfone groups is 1. The van der Waals surface area contributed by atoms with E-state index in [1.165, 1.54) is 6.07 Å². The lowest BCUT2D eigenvalue weighted by Crippen LogP contribution is -2.48. The van der Waals surface area contributed by atoms with Gasteiger partial charge < -0.3 is 10.2 Å². The molecule has 1 N–H and O–H groups in total. The lowest BCUT2D eigenvalue weighted by atomic mass is 9.91. The number of benzene rings is 1. The molecule has 3 rings (SSSR count). The van der Waals surface area contributed by atoms with Crippen molar-refractivity contribution in [1.29, 1.82) is 0 Å². The topological polar surface area (TPSA) is 83.6 Å². The molecule has 124 valence electrons. The number of carbonyl (C=O) groups excluding carboxylic acids is 2. The number of piperidine rings is 1. The number of fused-ring (bicyclic) bond motifs is 1. The van der Waals surface area contributed by atoms with Crippen molar-refractivity contribution < 1.29 is 18.0 Å². The summed E-state index contributed by atoms with van der Waals surface area (Å²) < 4.78 is 23.7. The van der Waals surface area contributed by atoms with Crippen LogP contribution in [0.25, 0.3) is 0 Å². The summed E-state index contributed by atoms with van der Waals surface area (Å²) in [5.74, 6) is -0.346. The summed E-state index contributed by atoms with van der Waals surface area (Å²) in [6.07, 6.45) is 2.72. The number of aryl methyl sites for hydroxylation is 1. The third kappa shape index (κ3) is 2.85. The third-order valence-electron chi connectivity index (χ3n) is 4.70. The van der Waals surface area contributed by atoms with E-state index in [1.807, 2.05) is 0 Å². The van der Waals surface area contributed by atoms with Crippen molar-refractivity contribution in [3.05, 3.63) is 29.3 Å². The Hall–Kier alpha value is -1.89. The Bertz CT molecular complexity index is 772. The first-order valence-corrected chi connectivity index (χ1v) is 9.57. The van der Waals surface area contributed by atoms with E-state index in [4.69, 9.17) is 0 Å². The molecule has 23 heavy (non-hydrogen) atoms. The van der Waals surface area contributed by atoms with Gasteiger partial charge in [0.25, 0.3) is 5.91 Å². The van der Waals surface area contributed by atoms with Gasteiger partial charge in [0.05, 0.1) is 16.9 Å². The van der Waals surface area contributed by atoms with Crippen LogP contribution in [0.2, 0.25) is 0 Å². The van der Waals surface area contributed by atoms with Crippen LogP contribution in [0.3, 0.4) is 0 Å². The number of nitrogens with one attached hydrogen (secondary N) is 1. The van der Waals surface area contributed by atoms with Gasteiger partial charge in [-0.3, -0.25) is 9.59 Å². The van der Waals surface area contributed by atoms with Crippen molar-refractivity contribution in [2.45, 2.75) is 30.7 Å². The highest BCUT2D eigenvalue weighted by Crippen LogP contribution is 2.29. The Kier molecular flexibility index (Phi) is 3.91. The van der Waals surface area contributed by atoms with Gasteiger partial charge in [-0.1, -0.05) is 6.07 Å². The first kappa shape index (κ1) is 16.0. The van der Waals surface area contributed by atoms with Crippen molar-refractivity contribution >= 4 is 21.7 Å². The first-order valence-electron chi connectivity index (χ1n) is 7.68. The normalized spacial score (nSPS) is 24.3. The molecular weight excluding hydrogens is 316 g/mol. The molecular formula is C16H20N2O4S. The number of likely N-dealkylation sites (tertiary alicyclic amines) is 1. The van der Waals surface area contributed by atoms with Crippen molar-refractivity contribution in [2.75, 3.05) is 19.3 Å². The molecule has 1 aromatic rings. The van der Waals surface area contributed by atoms with Crippen molar-refractivity contribution in [3.63, 3.8) is 0 Å². The predicted molar refractivity (Wildman–Crippen MR) is 84.8 cm³/mol. The summed E-state index contributed by atoms with van der Waals surface area (Å²) in [7, 11) is -3.38. The minimum absolute atomic E-state index is 0.00762. The zero-order valence-electron chi connectivity index (χ0n) is 13.2. The van der Waals surface area contributed by atoms with Gasteiger partial charge in [-0.2, -0.15) is 0 Å². The summed E-state index contributed by atoms with van der Waals surface area (Å²) in [4.78, 5) is 26.5.